The summed E-state index contributed by atoms with van der Waals surface area (Å²) in [5.74, 6) is -1.15. The van der Waals surface area contributed by atoms with Crippen molar-refractivity contribution in [1.29, 1.82) is 5.26 Å². The minimum absolute atomic E-state index is 0.0501. The molecule has 0 aliphatic carbocycles. The number of hydrogen-bond donors (Lipinski definition) is 0. The molecule has 0 amide bonds. The molecule has 0 aromatic heterocycles. The standard InChI is InChI=1S/C9H13F3N2O/c1-3-15-8(9(10,11)12)6-14(2)5-7(8)4-13/h7H,3,5-6H2,1-2H3. The van der Waals surface area contributed by atoms with Gasteiger partial charge in [-0.05, 0) is 14.0 Å². The Morgan fingerprint density at radius 3 is 2.60 bits per heavy atom. The molecule has 1 aliphatic heterocycles. The maximum Gasteiger partial charge on any atom is 0.420 e. The van der Waals surface area contributed by atoms with Crippen molar-refractivity contribution in [3.8, 4) is 6.07 Å². The molecule has 0 radical (unpaired) electrons. The Kier molecular flexibility index (Phi) is 3.26. The second-order valence-corrected chi connectivity index (χ2v) is 3.70. The van der Waals surface area contributed by atoms with Gasteiger partial charge >= 0.3 is 6.18 Å². The van der Waals surface area contributed by atoms with Crippen molar-refractivity contribution in [2.24, 2.45) is 5.92 Å². The van der Waals surface area contributed by atoms with Gasteiger partial charge in [-0.15, -0.1) is 0 Å². The Morgan fingerprint density at radius 2 is 2.20 bits per heavy atom. The predicted molar refractivity (Wildman–Crippen MR) is 47.0 cm³/mol. The second kappa shape index (κ2) is 3.99. The number of nitrogens with zero attached hydrogens (tertiary/aromatic N) is 2. The summed E-state index contributed by atoms with van der Waals surface area (Å²) in [5.41, 5.74) is -2.31. The van der Waals surface area contributed by atoms with E-state index >= 15 is 0 Å². The highest BCUT2D eigenvalue weighted by molar-refractivity contribution is 5.11. The second-order valence-electron chi connectivity index (χ2n) is 3.70. The lowest BCUT2D eigenvalue weighted by molar-refractivity contribution is -0.279. The fraction of sp³-hybridized carbons (Fsp3) is 0.889. The van der Waals surface area contributed by atoms with Crippen LogP contribution in [0.25, 0.3) is 0 Å². The van der Waals surface area contributed by atoms with E-state index in [9.17, 15) is 13.2 Å². The Hall–Kier alpha value is -0.800. The fourth-order valence-corrected chi connectivity index (χ4v) is 1.95. The molecule has 86 valence electrons. The highest BCUT2D eigenvalue weighted by Crippen LogP contribution is 2.43. The SMILES string of the molecule is CCOC1(C(F)(F)F)CN(C)CC1C#N. The van der Waals surface area contributed by atoms with Gasteiger partial charge in [0.15, 0.2) is 5.60 Å². The number of ether oxygens (including phenoxy) is 1. The van der Waals surface area contributed by atoms with Crippen LogP contribution in [-0.2, 0) is 4.74 Å². The van der Waals surface area contributed by atoms with Crippen molar-refractivity contribution in [3.63, 3.8) is 0 Å². The van der Waals surface area contributed by atoms with E-state index in [0.717, 1.165) is 0 Å². The van der Waals surface area contributed by atoms with Crippen molar-refractivity contribution in [2.75, 3.05) is 26.7 Å². The average molecular weight is 222 g/mol. The maximum absolute atomic E-state index is 12.9. The lowest BCUT2D eigenvalue weighted by Gasteiger charge is -2.33. The summed E-state index contributed by atoms with van der Waals surface area (Å²) >= 11 is 0. The van der Waals surface area contributed by atoms with E-state index < -0.39 is 17.7 Å². The molecule has 0 bridgehead atoms. The third-order valence-electron chi connectivity index (χ3n) is 2.60. The summed E-state index contributed by atoms with van der Waals surface area (Å²) in [6.07, 6.45) is -4.51. The van der Waals surface area contributed by atoms with Gasteiger partial charge in [0.2, 0.25) is 0 Å². The van der Waals surface area contributed by atoms with Crippen LogP contribution in [0.2, 0.25) is 0 Å². The normalized spacial score (nSPS) is 32.9. The van der Waals surface area contributed by atoms with Crippen LogP contribution in [0.5, 0.6) is 0 Å². The highest BCUT2D eigenvalue weighted by Gasteiger charge is 2.64. The van der Waals surface area contributed by atoms with E-state index in [2.05, 4.69) is 0 Å². The molecular weight excluding hydrogens is 209 g/mol. The van der Waals surface area contributed by atoms with Crippen LogP contribution in [0.3, 0.4) is 0 Å². The van der Waals surface area contributed by atoms with Gasteiger partial charge in [-0.25, -0.2) is 0 Å². The molecule has 0 N–H and O–H groups in total. The molecule has 2 atom stereocenters. The number of likely N-dealkylation sites (tertiary alicyclic amines) is 1. The van der Waals surface area contributed by atoms with Gasteiger partial charge in [0.05, 0.1) is 12.0 Å². The summed E-state index contributed by atoms with van der Waals surface area (Å²) in [4.78, 5) is 1.47. The Morgan fingerprint density at radius 1 is 1.60 bits per heavy atom. The van der Waals surface area contributed by atoms with Gasteiger partial charge in [-0.3, -0.25) is 0 Å². The zero-order valence-electron chi connectivity index (χ0n) is 8.64. The number of halogens is 3. The monoisotopic (exact) mass is 222 g/mol. The molecule has 0 aromatic rings. The molecule has 0 aromatic carbocycles. The van der Waals surface area contributed by atoms with E-state index in [0.29, 0.717) is 0 Å². The molecule has 1 rings (SSSR count). The van der Waals surface area contributed by atoms with Crippen LogP contribution in [0.1, 0.15) is 6.92 Å². The van der Waals surface area contributed by atoms with Crippen LogP contribution in [0.15, 0.2) is 0 Å². The van der Waals surface area contributed by atoms with E-state index in [1.807, 2.05) is 0 Å². The van der Waals surface area contributed by atoms with Crippen molar-refractivity contribution >= 4 is 0 Å². The fourth-order valence-electron chi connectivity index (χ4n) is 1.95. The molecule has 1 heterocycles. The first-order chi connectivity index (χ1) is 6.87. The summed E-state index contributed by atoms with van der Waals surface area (Å²) in [7, 11) is 1.55. The van der Waals surface area contributed by atoms with E-state index in [4.69, 9.17) is 10.00 Å². The minimum atomic E-state index is -4.51. The summed E-state index contributed by atoms with van der Waals surface area (Å²) in [6, 6.07) is 1.69. The van der Waals surface area contributed by atoms with E-state index in [-0.39, 0.29) is 19.7 Å². The van der Waals surface area contributed by atoms with Crippen LogP contribution < -0.4 is 0 Å². The number of rotatable bonds is 2. The van der Waals surface area contributed by atoms with Crippen LogP contribution in [-0.4, -0.2) is 43.4 Å². The third kappa shape index (κ3) is 1.94. The highest BCUT2D eigenvalue weighted by atomic mass is 19.4. The molecule has 15 heavy (non-hydrogen) atoms. The molecular formula is C9H13F3N2O. The summed E-state index contributed by atoms with van der Waals surface area (Å²) < 4.78 is 43.6. The Labute approximate surface area is 86.4 Å². The quantitative estimate of drug-likeness (QED) is 0.708. The van der Waals surface area contributed by atoms with Crippen molar-refractivity contribution < 1.29 is 17.9 Å². The average Bonchev–Trinajstić information content (AvgIpc) is 2.43. The predicted octanol–water partition coefficient (Wildman–Crippen LogP) is 1.41. The molecule has 0 spiro atoms. The minimum Gasteiger partial charge on any atom is -0.363 e. The van der Waals surface area contributed by atoms with Gasteiger partial charge in [0, 0.05) is 19.7 Å². The Bertz CT molecular complexity index is 274. The van der Waals surface area contributed by atoms with Crippen molar-refractivity contribution in [1.82, 2.24) is 4.90 Å². The Balaban J connectivity index is 3.05. The van der Waals surface area contributed by atoms with E-state index in [1.54, 1.807) is 13.1 Å². The molecule has 3 nitrogen and oxygen atoms in total. The lowest BCUT2D eigenvalue weighted by atomic mass is 9.91. The molecule has 1 aliphatic rings. The number of hydrogen-bond acceptors (Lipinski definition) is 3. The number of nitriles is 1. The summed E-state index contributed by atoms with van der Waals surface area (Å²) in [5, 5.41) is 8.75. The topological polar surface area (TPSA) is 36.3 Å². The van der Waals surface area contributed by atoms with Crippen LogP contribution in [0.4, 0.5) is 13.2 Å². The van der Waals surface area contributed by atoms with Gasteiger partial charge in [-0.2, -0.15) is 18.4 Å². The van der Waals surface area contributed by atoms with Gasteiger partial charge in [0.1, 0.15) is 0 Å². The largest absolute Gasteiger partial charge is 0.420 e. The third-order valence-corrected chi connectivity index (χ3v) is 2.60. The molecule has 1 fully saturated rings. The van der Waals surface area contributed by atoms with Crippen molar-refractivity contribution in [3.05, 3.63) is 0 Å². The lowest BCUT2D eigenvalue weighted by Crippen LogP contribution is -2.53. The maximum atomic E-state index is 12.9. The molecule has 2 unspecified atom stereocenters. The molecule has 0 saturated carbocycles. The zero-order valence-corrected chi connectivity index (χ0v) is 8.64. The van der Waals surface area contributed by atoms with Crippen LogP contribution >= 0.6 is 0 Å². The zero-order chi connectivity index (χ0) is 11.7. The molecule has 6 heteroatoms. The van der Waals surface area contributed by atoms with Gasteiger partial charge in [0.25, 0.3) is 0 Å². The molecule has 1 saturated heterocycles. The first kappa shape index (κ1) is 12.3. The van der Waals surface area contributed by atoms with Gasteiger partial charge < -0.3 is 9.64 Å². The first-order valence-electron chi connectivity index (χ1n) is 4.66. The van der Waals surface area contributed by atoms with Crippen molar-refractivity contribution in [2.45, 2.75) is 18.7 Å². The number of likely N-dealkylation sites (N-methyl/N-ethyl adjacent to an activating group) is 1. The van der Waals surface area contributed by atoms with Crippen LogP contribution in [0, 0.1) is 17.2 Å². The van der Waals surface area contributed by atoms with Gasteiger partial charge in [-0.1, -0.05) is 0 Å². The van der Waals surface area contributed by atoms with E-state index in [1.165, 1.54) is 11.8 Å². The number of alkyl halides is 3. The summed E-state index contributed by atoms with van der Waals surface area (Å²) in [6.45, 7) is 1.27. The first-order valence-corrected chi connectivity index (χ1v) is 4.66. The smallest absolute Gasteiger partial charge is 0.363 e.